The fourth-order valence-corrected chi connectivity index (χ4v) is 8.83. The van der Waals surface area contributed by atoms with E-state index in [4.69, 9.17) is 23.3 Å². The van der Waals surface area contributed by atoms with Crippen molar-refractivity contribution < 1.29 is 52.2 Å². The van der Waals surface area contributed by atoms with E-state index in [1.165, 1.54) is 77.0 Å². The van der Waals surface area contributed by atoms with Crippen LogP contribution in [0.5, 0.6) is 0 Å². The predicted molar refractivity (Wildman–Crippen MR) is 307 cm³/mol. The van der Waals surface area contributed by atoms with E-state index in [9.17, 15) is 28.9 Å². The van der Waals surface area contributed by atoms with Gasteiger partial charge in [-0.05, 0) is 109 Å². The van der Waals surface area contributed by atoms with Crippen molar-refractivity contribution in [2.45, 2.75) is 277 Å². The summed E-state index contributed by atoms with van der Waals surface area (Å²) in [6.45, 7) is 4.48. The number of hydrogen-bond donors (Lipinski definition) is 2. The number of hydrogen-bond acceptors (Lipinski definition) is 10. The molecule has 0 spiro atoms. The van der Waals surface area contributed by atoms with E-state index in [2.05, 4.69) is 93.7 Å². The van der Waals surface area contributed by atoms with E-state index in [0.29, 0.717) is 19.3 Å². The molecule has 0 aromatic heterocycles. The zero-order valence-electron chi connectivity index (χ0n) is 47.3. The molecule has 0 aromatic carbocycles. The van der Waals surface area contributed by atoms with Crippen molar-refractivity contribution in [2.24, 2.45) is 0 Å². The van der Waals surface area contributed by atoms with Crippen LogP contribution in [-0.4, -0.2) is 66.5 Å². The van der Waals surface area contributed by atoms with E-state index in [-0.39, 0.29) is 25.9 Å². The minimum atomic E-state index is -4.76. The third-order valence-electron chi connectivity index (χ3n) is 12.6. The van der Waals surface area contributed by atoms with E-state index in [0.717, 1.165) is 128 Å². The summed E-state index contributed by atoms with van der Waals surface area (Å²) in [6, 6.07) is 0. The molecular formula is C62H109O11P. The maximum atomic E-state index is 12.9. The number of carbonyl (C=O) groups excluding carboxylic acids is 3. The summed E-state index contributed by atoms with van der Waals surface area (Å²) in [7, 11) is -4.76. The molecule has 74 heavy (non-hydrogen) atoms. The largest absolute Gasteiger partial charge is 0.472 e. The third-order valence-corrected chi connectivity index (χ3v) is 13.5. The summed E-state index contributed by atoms with van der Waals surface area (Å²) in [4.78, 5) is 48.6. The number of aliphatic hydroxyl groups is 1. The Morgan fingerprint density at radius 1 is 0.392 bits per heavy atom. The minimum Gasteiger partial charge on any atom is -0.462 e. The summed E-state index contributed by atoms with van der Waals surface area (Å²) in [6.07, 6.45) is 62.8. The average molecular weight is 1060 g/mol. The van der Waals surface area contributed by atoms with E-state index >= 15 is 0 Å². The molecule has 0 aliphatic heterocycles. The van der Waals surface area contributed by atoms with Crippen LogP contribution in [0.1, 0.15) is 265 Å². The molecule has 0 saturated carbocycles. The summed E-state index contributed by atoms with van der Waals surface area (Å²) >= 11 is 0. The second kappa shape index (κ2) is 56.1. The smallest absolute Gasteiger partial charge is 0.462 e. The molecule has 0 heterocycles. The lowest BCUT2D eigenvalue weighted by molar-refractivity contribution is -0.161. The van der Waals surface area contributed by atoms with Crippen LogP contribution in [0.15, 0.2) is 72.9 Å². The van der Waals surface area contributed by atoms with Crippen LogP contribution in [-0.2, 0) is 42.2 Å². The molecule has 0 aromatic rings. The molecule has 0 aliphatic rings. The fraction of sp³-hybridized carbons (Fsp3) is 0.758. The number of rotatable bonds is 55. The van der Waals surface area contributed by atoms with Crippen molar-refractivity contribution in [1.82, 2.24) is 0 Å². The number of allylic oxidation sites excluding steroid dienone is 12. The predicted octanol–water partition coefficient (Wildman–Crippen LogP) is 17.7. The van der Waals surface area contributed by atoms with Gasteiger partial charge in [-0.25, -0.2) is 4.57 Å². The lowest BCUT2D eigenvalue weighted by Gasteiger charge is -2.21. The second-order valence-corrected chi connectivity index (χ2v) is 21.2. The first-order valence-corrected chi connectivity index (χ1v) is 31.3. The monoisotopic (exact) mass is 1060 g/mol. The summed E-state index contributed by atoms with van der Waals surface area (Å²) in [5, 5.41) is 9.81. The zero-order valence-corrected chi connectivity index (χ0v) is 48.2. The van der Waals surface area contributed by atoms with Gasteiger partial charge in [-0.15, -0.1) is 0 Å². The average Bonchev–Trinajstić information content (AvgIpc) is 3.39. The lowest BCUT2D eigenvalue weighted by atomic mass is 10.1. The first kappa shape index (κ1) is 70.9. The Morgan fingerprint density at radius 3 is 1.12 bits per heavy atom. The number of unbranched alkanes of at least 4 members (excludes halogenated alkanes) is 26. The molecule has 0 radical (unpaired) electrons. The molecule has 0 amide bonds. The molecule has 0 saturated heterocycles. The van der Waals surface area contributed by atoms with Gasteiger partial charge in [0.2, 0.25) is 0 Å². The van der Waals surface area contributed by atoms with Gasteiger partial charge >= 0.3 is 25.7 Å². The van der Waals surface area contributed by atoms with Gasteiger partial charge in [-0.1, -0.05) is 209 Å². The molecule has 0 fully saturated rings. The molecular weight excluding hydrogens is 952 g/mol. The summed E-state index contributed by atoms with van der Waals surface area (Å²) < 4.78 is 39.6. The van der Waals surface area contributed by atoms with E-state index in [1.54, 1.807) is 0 Å². The SMILES string of the molecule is CC/C=C\C/C=C\C/C=C\CCCCCCCCCC(=O)OC(COC(=O)CCCCCCCCC/C=C\C/C=C\CCCCC)COP(=O)(O)OCC(CO)OC(=O)CCCCCCC/C=C\CCCCCC. The fourth-order valence-electron chi connectivity index (χ4n) is 8.04. The van der Waals surface area contributed by atoms with Gasteiger partial charge in [0.05, 0.1) is 19.8 Å². The van der Waals surface area contributed by atoms with Gasteiger partial charge in [0.15, 0.2) is 6.10 Å². The standard InChI is InChI=1S/C62H109O11P/c1-4-7-10-13-16-19-22-25-27-29-31-34-36-39-42-45-48-51-60(64)69-55-59(73-62(66)53-50-47-44-41-38-35-32-30-28-26-23-20-17-14-11-8-5-2)57-71-74(67,68)70-56-58(54-63)72-61(65)52-49-46-43-40-37-33-24-21-18-15-12-9-6-3/h8,11,16-17,19-21,24-28,58-59,63H,4-7,9-10,12-15,18,22-23,29-57H2,1-3H3,(H,67,68)/b11-8-,19-16-,20-17-,24-21-,27-25-,28-26-. The third kappa shape index (κ3) is 53.7. The number of carbonyl (C=O) groups is 3. The lowest BCUT2D eigenvalue weighted by Crippen LogP contribution is -2.30. The van der Waals surface area contributed by atoms with Crippen LogP contribution in [0.2, 0.25) is 0 Å². The van der Waals surface area contributed by atoms with Crippen LogP contribution in [0.25, 0.3) is 0 Å². The first-order chi connectivity index (χ1) is 36.2. The molecule has 11 nitrogen and oxygen atoms in total. The van der Waals surface area contributed by atoms with Crippen molar-refractivity contribution in [3.63, 3.8) is 0 Å². The number of aliphatic hydroxyl groups excluding tert-OH is 1. The molecule has 2 N–H and O–H groups in total. The van der Waals surface area contributed by atoms with E-state index < -0.39 is 57.8 Å². The van der Waals surface area contributed by atoms with Gasteiger partial charge in [0.25, 0.3) is 0 Å². The Hall–Kier alpha value is -3.08. The Balaban J connectivity index is 4.75. The van der Waals surface area contributed by atoms with Crippen molar-refractivity contribution in [3.8, 4) is 0 Å². The zero-order chi connectivity index (χ0) is 54.1. The number of phosphoric ester groups is 1. The Labute approximate surface area is 452 Å². The topological polar surface area (TPSA) is 155 Å². The number of phosphoric acid groups is 1. The van der Waals surface area contributed by atoms with Crippen molar-refractivity contribution in [1.29, 1.82) is 0 Å². The van der Waals surface area contributed by atoms with Crippen molar-refractivity contribution >= 4 is 25.7 Å². The van der Waals surface area contributed by atoms with Crippen LogP contribution < -0.4 is 0 Å². The highest BCUT2D eigenvalue weighted by atomic mass is 31.2. The summed E-state index contributed by atoms with van der Waals surface area (Å²) in [5.41, 5.74) is 0. The first-order valence-electron chi connectivity index (χ1n) is 29.8. The normalized spacial score (nSPS) is 13.9. The van der Waals surface area contributed by atoms with Crippen molar-refractivity contribution in [3.05, 3.63) is 72.9 Å². The van der Waals surface area contributed by atoms with Crippen LogP contribution in [0.3, 0.4) is 0 Å². The second-order valence-electron chi connectivity index (χ2n) is 19.8. The molecule has 3 atom stereocenters. The van der Waals surface area contributed by atoms with Gasteiger partial charge in [0.1, 0.15) is 12.7 Å². The van der Waals surface area contributed by atoms with Gasteiger partial charge in [0, 0.05) is 19.3 Å². The number of esters is 3. The van der Waals surface area contributed by atoms with Gasteiger partial charge in [-0.3, -0.25) is 23.4 Å². The maximum Gasteiger partial charge on any atom is 0.472 e. The quantitative estimate of drug-likeness (QED) is 0.0197. The number of ether oxygens (including phenoxy) is 3. The molecule has 12 heteroatoms. The highest BCUT2D eigenvalue weighted by molar-refractivity contribution is 7.47. The summed E-state index contributed by atoms with van der Waals surface area (Å²) in [5.74, 6) is -1.49. The Morgan fingerprint density at radius 2 is 0.703 bits per heavy atom. The molecule has 3 unspecified atom stereocenters. The van der Waals surface area contributed by atoms with Crippen LogP contribution in [0, 0.1) is 0 Å². The maximum absolute atomic E-state index is 12.9. The molecule has 0 rings (SSSR count). The minimum absolute atomic E-state index is 0.153. The molecule has 0 aliphatic carbocycles. The highest BCUT2D eigenvalue weighted by Gasteiger charge is 2.28. The van der Waals surface area contributed by atoms with Gasteiger partial charge in [-0.2, -0.15) is 0 Å². The van der Waals surface area contributed by atoms with Crippen LogP contribution >= 0.6 is 7.82 Å². The Bertz CT molecular complexity index is 1520. The van der Waals surface area contributed by atoms with Gasteiger partial charge < -0.3 is 24.2 Å². The highest BCUT2D eigenvalue weighted by Crippen LogP contribution is 2.43. The van der Waals surface area contributed by atoms with Crippen molar-refractivity contribution in [2.75, 3.05) is 26.4 Å². The Kier molecular flexibility index (Phi) is 53.8. The molecule has 0 bridgehead atoms. The van der Waals surface area contributed by atoms with E-state index in [1.807, 2.05) is 0 Å². The van der Waals surface area contributed by atoms with Crippen LogP contribution in [0.4, 0.5) is 0 Å². The molecule has 428 valence electrons.